The molecule has 3 rings (SSSR count). The number of ketones is 1. The Morgan fingerprint density at radius 2 is 1.75 bits per heavy atom. The fourth-order valence-electron chi connectivity index (χ4n) is 2.31. The first-order valence-corrected chi connectivity index (χ1v) is 7.41. The standard InChI is InChI=1S/C17H15NOS/c18-14-7-5-12(6-8-14)9-15(19)10-13-11-20-17-4-2-1-3-16(13)17/h1-8,11H,9-10,18H2. The fraction of sp³-hybridized carbons (Fsp3) is 0.118. The average Bonchev–Trinajstić information content (AvgIpc) is 2.85. The summed E-state index contributed by atoms with van der Waals surface area (Å²) in [4.78, 5) is 12.2. The Morgan fingerprint density at radius 1 is 1.00 bits per heavy atom. The summed E-state index contributed by atoms with van der Waals surface area (Å²) in [5, 5.41) is 3.29. The Kier molecular flexibility index (Phi) is 3.52. The van der Waals surface area contributed by atoms with Crippen molar-refractivity contribution in [3.8, 4) is 0 Å². The number of thiophene rings is 1. The number of Topliss-reactive ketones (excluding diaryl/α,β-unsaturated/α-hetero) is 1. The number of hydrogen-bond acceptors (Lipinski definition) is 3. The van der Waals surface area contributed by atoms with Crippen molar-refractivity contribution < 1.29 is 4.79 Å². The van der Waals surface area contributed by atoms with Crippen molar-refractivity contribution in [3.63, 3.8) is 0 Å². The lowest BCUT2D eigenvalue weighted by atomic mass is 10.0. The minimum Gasteiger partial charge on any atom is -0.399 e. The molecule has 1 heterocycles. The number of carbonyl (C=O) groups excluding carboxylic acids is 1. The third-order valence-corrected chi connectivity index (χ3v) is 4.34. The van der Waals surface area contributed by atoms with Gasteiger partial charge in [0.1, 0.15) is 5.78 Å². The number of fused-ring (bicyclic) bond motifs is 1. The summed E-state index contributed by atoms with van der Waals surface area (Å²) in [5.41, 5.74) is 8.52. The molecule has 0 saturated heterocycles. The molecule has 0 saturated carbocycles. The zero-order valence-electron chi connectivity index (χ0n) is 11.0. The van der Waals surface area contributed by atoms with Gasteiger partial charge < -0.3 is 5.73 Å². The van der Waals surface area contributed by atoms with E-state index >= 15 is 0 Å². The Balaban J connectivity index is 1.74. The number of hydrogen-bond donors (Lipinski definition) is 1. The maximum atomic E-state index is 12.2. The van der Waals surface area contributed by atoms with Crippen molar-refractivity contribution in [2.24, 2.45) is 0 Å². The van der Waals surface area contributed by atoms with Crippen LogP contribution in [-0.2, 0) is 17.6 Å². The van der Waals surface area contributed by atoms with E-state index in [1.54, 1.807) is 11.3 Å². The number of carbonyl (C=O) groups is 1. The van der Waals surface area contributed by atoms with E-state index in [9.17, 15) is 4.79 Å². The third kappa shape index (κ3) is 2.73. The first-order valence-electron chi connectivity index (χ1n) is 6.53. The Morgan fingerprint density at radius 3 is 2.55 bits per heavy atom. The molecule has 100 valence electrons. The number of rotatable bonds is 4. The predicted molar refractivity (Wildman–Crippen MR) is 85.1 cm³/mol. The molecular weight excluding hydrogens is 266 g/mol. The molecule has 0 amide bonds. The van der Waals surface area contributed by atoms with Crippen LogP contribution in [0.15, 0.2) is 53.9 Å². The van der Waals surface area contributed by atoms with Crippen molar-refractivity contribution in [1.82, 2.24) is 0 Å². The Hall–Kier alpha value is -2.13. The van der Waals surface area contributed by atoms with Crippen molar-refractivity contribution in [2.45, 2.75) is 12.8 Å². The van der Waals surface area contributed by atoms with E-state index in [0.717, 1.165) is 16.8 Å². The summed E-state index contributed by atoms with van der Waals surface area (Å²) in [6, 6.07) is 15.7. The SMILES string of the molecule is Nc1ccc(CC(=O)Cc2csc3ccccc23)cc1. The van der Waals surface area contributed by atoms with Crippen LogP contribution in [-0.4, -0.2) is 5.78 Å². The summed E-state index contributed by atoms with van der Waals surface area (Å²) >= 11 is 1.70. The smallest absolute Gasteiger partial charge is 0.141 e. The van der Waals surface area contributed by atoms with Crippen molar-refractivity contribution in [2.75, 3.05) is 5.73 Å². The predicted octanol–water partition coefficient (Wildman–Crippen LogP) is 3.84. The minimum absolute atomic E-state index is 0.235. The summed E-state index contributed by atoms with van der Waals surface area (Å²) < 4.78 is 1.24. The maximum Gasteiger partial charge on any atom is 0.141 e. The average molecular weight is 281 g/mol. The van der Waals surface area contributed by atoms with Gasteiger partial charge in [-0.3, -0.25) is 4.79 Å². The topological polar surface area (TPSA) is 43.1 Å². The van der Waals surface area contributed by atoms with Crippen LogP contribution in [0.1, 0.15) is 11.1 Å². The van der Waals surface area contributed by atoms with E-state index < -0.39 is 0 Å². The van der Waals surface area contributed by atoms with Gasteiger partial charge in [-0.25, -0.2) is 0 Å². The highest BCUT2D eigenvalue weighted by atomic mass is 32.1. The first kappa shape index (κ1) is 12.9. The van der Waals surface area contributed by atoms with Gasteiger partial charge in [0.25, 0.3) is 0 Å². The molecule has 0 spiro atoms. The highest BCUT2D eigenvalue weighted by Gasteiger charge is 2.09. The summed E-state index contributed by atoms with van der Waals surface area (Å²) in [6.45, 7) is 0. The third-order valence-electron chi connectivity index (χ3n) is 3.33. The van der Waals surface area contributed by atoms with Crippen LogP contribution in [0.5, 0.6) is 0 Å². The second-order valence-corrected chi connectivity index (χ2v) is 5.80. The van der Waals surface area contributed by atoms with Crippen molar-refractivity contribution in [1.29, 1.82) is 0 Å². The van der Waals surface area contributed by atoms with E-state index in [0.29, 0.717) is 12.8 Å². The van der Waals surface area contributed by atoms with Crippen LogP contribution in [0.3, 0.4) is 0 Å². The molecule has 2 aromatic carbocycles. The molecule has 2 nitrogen and oxygen atoms in total. The van der Waals surface area contributed by atoms with Crippen molar-refractivity contribution in [3.05, 3.63) is 65.0 Å². The molecule has 1 aromatic heterocycles. The van der Waals surface area contributed by atoms with E-state index in [-0.39, 0.29) is 5.78 Å². The van der Waals surface area contributed by atoms with Crippen LogP contribution < -0.4 is 5.73 Å². The Bertz CT molecular complexity index is 743. The molecule has 2 N–H and O–H groups in total. The second-order valence-electron chi connectivity index (χ2n) is 4.89. The van der Waals surface area contributed by atoms with Crippen LogP contribution in [0.2, 0.25) is 0 Å². The zero-order chi connectivity index (χ0) is 13.9. The first-order chi connectivity index (χ1) is 9.72. The molecule has 0 unspecified atom stereocenters. The molecule has 20 heavy (non-hydrogen) atoms. The molecule has 3 aromatic rings. The van der Waals surface area contributed by atoms with Crippen LogP contribution in [0.25, 0.3) is 10.1 Å². The van der Waals surface area contributed by atoms with Gasteiger partial charge in [-0.05, 0) is 40.1 Å². The number of anilines is 1. The molecule has 0 bridgehead atoms. The summed E-state index contributed by atoms with van der Waals surface area (Å²) in [7, 11) is 0. The van der Waals surface area contributed by atoms with Gasteiger partial charge in [0.2, 0.25) is 0 Å². The Labute approximate surface area is 121 Å². The van der Waals surface area contributed by atoms with E-state index in [1.807, 2.05) is 36.4 Å². The molecule has 0 atom stereocenters. The summed E-state index contributed by atoms with van der Waals surface area (Å²) in [6.07, 6.45) is 0.957. The lowest BCUT2D eigenvalue weighted by Gasteiger charge is -2.02. The lowest BCUT2D eigenvalue weighted by Crippen LogP contribution is -2.06. The second kappa shape index (κ2) is 5.47. The molecule has 0 aliphatic heterocycles. The van der Waals surface area contributed by atoms with Gasteiger partial charge in [-0.15, -0.1) is 11.3 Å². The van der Waals surface area contributed by atoms with Gasteiger partial charge in [-0.2, -0.15) is 0 Å². The summed E-state index contributed by atoms with van der Waals surface area (Å²) in [5.74, 6) is 0.235. The minimum atomic E-state index is 0.235. The van der Waals surface area contributed by atoms with Crippen LogP contribution >= 0.6 is 11.3 Å². The molecule has 0 aliphatic rings. The van der Waals surface area contributed by atoms with Crippen LogP contribution in [0.4, 0.5) is 5.69 Å². The highest BCUT2D eigenvalue weighted by molar-refractivity contribution is 7.17. The zero-order valence-corrected chi connectivity index (χ0v) is 11.8. The fourth-order valence-corrected chi connectivity index (χ4v) is 3.27. The van der Waals surface area contributed by atoms with Gasteiger partial charge >= 0.3 is 0 Å². The molecule has 0 aliphatic carbocycles. The molecular formula is C17H15NOS. The lowest BCUT2D eigenvalue weighted by molar-refractivity contribution is -0.117. The molecule has 0 fully saturated rings. The number of nitrogens with two attached hydrogens (primary N) is 1. The van der Waals surface area contributed by atoms with E-state index in [4.69, 9.17) is 5.73 Å². The molecule has 3 heteroatoms. The van der Waals surface area contributed by atoms with Crippen molar-refractivity contribution >= 4 is 32.9 Å². The van der Waals surface area contributed by atoms with Gasteiger partial charge in [0.15, 0.2) is 0 Å². The number of benzene rings is 2. The number of nitrogen functional groups attached to an aromatic ring is 1. The van der Waals surface area contributed by atoms with Gasteiger partial charge in [0, 0.05) is 23.2 Å². The van der Waals surface area contributed by atoms with Gasteiger partial charge in [0.05, 0.1) is 0 Å². The molecule has 0 radical (unpaired) electrons. The largest absolute Gasteiger partial charge is 0.399 e. The normalized spacial score (nSPS) is 10.8. The van der Waals surface area contributed by atoms with Crippen LogP contribution in [0, 0.1) is 0 Å². The van der Waals surface area contributed by atoms with Gasteiger partial charge in [-0.1, -0.05) is 30.3 Å². The van der Waals surface area contributed by atoms with E-state index in [2.05, 4.69) is 17.5 Å². The van der Waals surface area contributed by atoms with E-state index in [1.165, 1.54) is 10.1 Å². The highest BCUT2D eigenvalue weighted by Crippen LogP contribution is 2.26. The maximum absolute atomic E-state index is 12.2. The quantitative estimate of drug-likeness (QED) is 0.738. The monoisotopic (exact) mass is 281 g/mol.